The molecule has 17 nitrogen and oxygen atoms in total. The van der Waals surface area contributed by atoms with Crippen molar-refractivity contribution in [1.82, 2.24) is 14.8 Å². The lowest BCUT2D eigenvalue weighted by Crippen LogP contribution is -2.47. The molecule has 1 saturated heterocycles. The number of aliphatic hydroxyl groups is 1. The van der Waals surface area contributed by atoms with Crippen molar-refractivity contribution in [3.8, 4) is 0 Å². The predicted molar refractivity (Wildman–Crippen MR) is 95.0 cm³/mol. The van der Waals surface area contributed by atoms with Crippen molar-refractivity contribution in [2.75, 3.05) is 19.0 Å². The SMILES string of the molecule is Nc1cnn([C@@H]2O[C@H](COP(=O)(O)OP(=O)(O)OP(=O)(O)O)C(O)[C@]2(Cl)CF)c(=O)n1. The number of hydrogen-bond donors (Lipinski definition) is 6. The van der Waals surface area contributed by atoms with Crippen LogP contribution in [-0.4, -0.2) is 69.8 Å². The number of anilines is 1. The Morgan fingerprint density at radius 3 is 2.39 bits per heavy atom. The molecule has 1 fully saturated rings. The Hall–Kier alpha value is -0.840. The van der Waals surface area contributed by atoms with Gasteiger partial charge in [-0.3, -0.25) is 4.52 Å². The van der Waals surface area contributed by atoms with E-state index in [2.05, 4.69) is 23.2 Å². The summed E-state index contributed by atoms with van der Waals surface area (Å²) in [4.78, 5) is 48.4. The molecule has 0 spiro atoms. The van der Waals surface area contributed by atoms with Crippen LogP contribution in [0.2, 0.25) is 0 Å². The molecule has 7 N–H and O–H groups in total. The van der Waals surface area contributed by atoms with Gasteiger partial charge >= 0.3 is 29.2 Å². The number of phosphoric ester groups is 1. The number of aromatic nitrogens is 3. The van der Waals surface area contributed by atoms with Gasteiger partial charge < -0.3 is 35.2 Å². The van der Waals surface area contributed by atoms with Crippen molar-refractivity contribution >= 4 is 40.9 Å². The molecule has 0 radical (unpaired) electrons. The van der Waals surface area contributed by atoms with Crippen LogP contribution in [0.25, 0.3) is 0 Å². The van der Waals surface area contributed by atoms with Gasteiger partial charge in [-0.2, -0.15) is 23.4 Å². The first-order valence-corrected chi connectivity index (χ1v) is 12.5. The van der Waals surface area contributed by atoms with Crippen molar-refractivity contribution in [3.63, 3.8) is 0 Å². The minimum absolute atomic E-state index is 0.288. The highest BCUT2D eigenvalue weighted by molar-refractivity contribution is 7.66. The molecule has 2 heterocycles. The Labute approximate surface area is 175 Å². The van der Waals surface area contributed by atoms with Crippen molar-refractivity contribution in [3.05, 3.63) is 16.7 Å². The van der Waals surface area contributed by atoms with E-state index < -0.39 is 65.7 Å². The van der Waals surface area contributed by atoms with Gasteiger partial charge in [-0.1, -0.05) is 0 Å². The summed E-state index contributed by atoms with van der Waals surface area (Å²) in [5, 5.41) is 13.8. The highest BCUT2D eigenvalue weighted by Crippen LogP contribution is 2.66. The van der Waals surface area contributed by atoms with Crippen molar-refractivity contribution in [2.45, 2.75) is 23.3 Å². The van der Waals surface area contributed by atoms with E-state index in [0.29, 0.717) is 4.68 Å². The molecule has 1 aliphatic rings. The van der Waals surface area contributed by atoms with Gasteiger partial charge in [0, 0.05) is 0 Å². The fraction of sp³-hybridized carbons (Fsp3) is 0.667. The topological polar surface area (TPSA) is 263 Å². The van der Waals surface area contributed by atoms with Crippen LogP contribution in [0.1, 0.15) is 6.23 Å². The van der Waals surface area contributed by atoms with Gasteiger partial charge in [0.2, 0.25) is 0 Å². The van der Waals surface area contributed by atoms with Gasteiger partial charge in [-0.15, -0.1) is 11.6 Å². The number of nitrogens with zero attached hydrogens (tertiary/aromatic N) is 3. The molecule has 2 rings (SSSR count). The Morgan fingerprint density at radius 2 is 1.87 bits per heavy atom. The Kier molecular flexibility index (Phi) is 7.83. The Balaban J connectivity index is 2.17. The zero-order chi connectivity index (χ0) is 23.8. The van der Waals surface area contributed by atoms with Crippen LogP contribution in [-0.2, 0) is 31.6 Å². The summed E-state index contributed by atoms with van der Waals surface area (Å²) in [5.74, 6) is -0.288. The van der Waals surface area contributed by atoms with E-state index in [0.717, 1.165) is 6.20 Å². The molecule has 178 valence electrons. The van der Waals surface area contributed by atoms with E-state index in [1.807, 2.05) is 0 Å². The minimum atomic E-state index is -5.78. The third-order valence-electron chi connectivity index (χ3n) is 3.54. The molecule has 0 bridgehead atoms. The fourth-order valence-corrected chi connectivity index (χ4v) is 5.65. The third-order valence-corrected chi connectivity index (χ3v) is 7.85. The summed E-state index contributed by atoms with van der Waals surface area (Å²) in [7, 11) is -16.9. The van der Waals surface area contributed by atoms with Crippen LogP contribution < -0.4 is 11.4 Å². The Morgan fingerprint density at radius 1 is 1.26 bits per heavy atom. The fourth-order valence-electron chi connectivity index (χ4n) is 2.34. The Bertz CT molecular complexity index is 1020. The van der Waals surface area contributed by atoms with E-state index in [1.54, 1.807) is 0 Å². The van der Waals surface area contributed by atoms with Crippen molar-refractivity contribution < 1.29 is 60.6 Å². The molecule has 0 aromatic carbocycles. The second-order valence-corrected chi connectivity index (χ2v) is 11.0. The van der Waals surface area contributed by atoms with Gasteiger partial charge in [0.25, 0.3) is 0 Å². The molecule has 22 heteroatoms. The summed E-state index contributed by atoms with van der Waals surface area (Å²) in [6.07, 6.45) is -4.63. The maximum absolute atomic E-state index is 13.6. The lowest BCUT2D eigenvalue weighted by Gasteiger charge is -2.26. The highest BCUT2D eigenvalue weighted by Gasteiger charge is 2.58. The zero-order valence-electron chi connectivity index (χ0n) is 14.7. The second-order valence-electron chi connectivity index (χ2n) is 5.83. The van der Waals surface area contributed by atoms with Gasteiger partial charge in [0.15, 0.2) is 6.23 Å². The molecular formula is C9H15ClFN4O13P3. The lowest BCUT2D eigenvalue weighted by atomic mass is 10.0. The van der Waals surface area contributed by atoms with Crippen molar-refractivity contribution in [1.29, 1.82) is 0 Å². The molecule has 0 amide bonds. The quantitative estimate of drug-likeness (QED) is 0.160. The van der Waals surface area contributed by atoms with Crippen molar-refractivity contribution in [2.24, 2.45) is 0 Å². The molecule has 1 aromatic heterocycles. The van der Waals surface area contributed by atoms with E-state index in [9.17, 15) is 32.9 Å². The van der Waals surface area contributed by atoms with E-state index in [-0.39, 0.29) is 5.82 Å². The smallest absolute Gasteiger partial charge is 0.388 e. The van der Waals surface area contributed by atoms with E-state index >= 15 is 0 Å². The normalized spacial score (nSPS) is 30.6. The molecule has 0 aliphatic carbocycles. The van der Waals surface area contributed by atoms with Crippen LogP contribution >= 0.6 is 35.1 Å². The predicted octanol–water partition coefficient (Wildman–Crippen LogP) is -1.23. The van der Waals surface area contributed by atoms with Crippen LogP contribution in [0.4, 0.5) is 10.2 Å². The average molecular weight is 535 g/mol. The maximum Gasteiger partial charge on any atom is 0.490 e. The summed E-state index contributed by atoms with van der Waals surface area (Å²) >= 11 is 6.02. The zero-order valence-corrected chi connectivity index (χ0v) is 18.2. The maximum atomic E-state index is 13.6. The summed E-state index contributed by atoms with van der Waals surface area (Å²) in [5.41, 5.74) is 4.15. The largest absolute Gasteiger partial charge is 0.490 e. The molecule has 1 aliphatic heterocycles. The van der Waals surface area contributed by atoms with Crippen LogP contribution in [0.5, 0.6) is 0 Å². The van der Waals surface area contributed by atoms with Gasteiger partial charge in [-0.05, 0) is 0 Å². The van der Waals surface area contributed by atoms with Gasteiger partial charge in [0.05, 0.1) is 12.8 Å². The minimum Gasteiger partial charge on any atom is -0.388 e. The summed E-state index contributed by atoms with van der Waals surface area (Å²) < 4.78 is 64.2. The summed E-state index contributed by atoms with van der Waals surface area (Å²) in [6.45, 7) is -2.64. The number of hydrogen-bond acceptors (Lipinski definition) is 12. The molecular weight excluding hydrogens is 519 g/mol. The standard InChI is InChI=1S/C9H15ClFN4O13P3/c10-9(3-11)6(16)4(26-7(9)15-8(17)14-5(12)1-13-15)2-25-30(21,22)28-31(23,24)27-29(18,19)20/h1,4,6-7,16H,2-3H2,(H,21,22)(H,23,24)(H2,12,14,17)(H2,18,19,20)/t4-,6?,7-,9-/m1/s1. The number of halogens is 2. The number of alkyl halides is 2. The molecule has 1 aromatic rings. The first-order valence-electron chi connectivity index (χ1n) is 7.58. The average Bonchev–Trinajstić information content (AvgIpc) is 2.82. The molecule has 0 saturated carbocycles. The third kappa shape index (κ3) is 6.58. The number of phosphoric acid groups is 3. The highest BCUT2D eigenvalue weighted by atomic mass is 35.5. The molecule has 31 heavy (non-hydrogen) atoms. The number of nitrogens with two attached hydrogens (primary N) is 1. The number of aliphatic hydroxyl groups excluding tert-OH is 1. The summed E-state index contributed by atoms with van der Waals surface area (Å²) in [6, 6.07) is 0. The first kappa shape index (κ1) is 26.4. The first-order chi connectivity index (χ1) is 14.0. The van der Waals surface area contributed by atoms with E-state index in [1.165, 1.54) is 0 Å². The van der Waals surface area contributed by atoms with Gasteiger partial charge in [0.1, 0.15) is 29.6 Å². The number of rotatable bonds is 9. The number of ether oxygens (including phenoxy) is 1. The van der Waals surface area contributed by atoms with Gasteiger partial charge in [-0.25, -0.2) is 22.9 Å². The van der Waals surface area contributed by atoms with Crippen LogP contribution in [0.3, 0.4) is 0 Å². The number of nitrogen functional groups attached to an aromatic ring is 1. The second kappa shape index (κ2) is 9.19. The molecule has 3 unspecified atom stereocenters. The van der Waals surface area contributed by atoms with Crippen LogP contribution in [0, 0.1) is 0 Å². The molecule has 6 atom stereocenters. The lowest BCUT2D eigenvalue weighted by molar-refractivity contribution is -0.0518. The monoisotopic (exact) mass is 534 g/mol. The van der Waals surface area contributed by atoms with E-state index in [4.69, 9.17) is 36.8 Å². The van der Waals surface area contributed by atoms with Crippen LogP contribution in [0.15, 0.2) is 11.0 Å².